The van der Waals surface area contributed by atoms with Crippen LogP contribution in [0.5, 0.6) is 0 Å². The van der Waals surface area contributed by atoms with Crippen LogP contribution in [0.2, 0.25) is 0 Å². The number of aliphatic hydroxyl groups excluding tert-OH is 1. The minimum atomic E-state index is 0.0891. The van der Waals surface area contributed by atoms with Crippen LogP contribution < -0.4 is 0 Å². The Bertz CT molecular complexity index is 344. The molecule has 1 N–H and O–H groups in total. The van der Waals surface area contributed by atoms with Gasteiger partial charge in [0.05, 0.1) is 12.3 Å². The molecule has 0 spiro atoms. The first-order chi connectivity index (χ1) is 7.31. The van der Waals surface area contributed by atoms with Gasteiger partial charge in [-0.05, 0) is 25.7 Å². The van der Waals surface area contributed by atoms with Gasteiger partial charge in [-0.25, -0.2) is 4.98 Å². The Labute approximate surface area is 91.1 Å². The second-order valence-corrected chi connectivity index (χ2v) is 4.26. The highest BCUT2D eigenvalue weighted by Crippen LogP contribution is 2.31. The van der Waals surface area contributed by atoms with E-state index in [0.29, 0.717) is 6.04 Å². The highest BCUT2D eigenvalue weighted by Gasteiger charge is 2.24. The maximum absolute atomic E-state index is 9.29. The standard InChI is InChI=1S/C12H20N2O/c1-3-9-6-5-7-11-10(8-15)13-12(4-2)14(9)11/h9,15H,3-8H2,1-2H3. The molecule has 15 heavy (non-hydrogen) atoms. The summed E-state index contributed by atoms with van der Waals surface area (Å²) in [4.78, 5) is 4.54. The average molecular weight is 208 g/mol. The molecule has 2 rings (SSSR count). The zero-order chi connectivity index (χ0) is 10.8. The monoisotopic (exact) mass is 208 g/mol. The number of hydrogen-bond donors (Lipinski definition) is 1. The molecule has 0 fully saturated rings. The molecular formula is C12H20N2O. The number of imidazole rings is 1. The van der Waals surface area contributed by atoms with E-state index in [0.717, 1.165) is 24.4 Å². The Hall–Kier alpha value is -0.830. The molecule has 1 unspecified atom stereocenters. The van der Waals surface area contributed by atoms with Gasteiger partial charge in [-0.1, -0.05) is 13.8 Å². The van der Waals surface area contributed by atoms with Crippen molar-refractivity contribution in [1.29, 1.82) is 0 Å². The molecule has 3 heteroatoms. The van der Waals surface area contributed by atoms with Crippen molar-refractivity contribution in [3.8, 4) is 0 Å². The van der Waals surface area contributed by atoms with Crippen molar-refractivity contribution in [3.63, 3.8) is 0 Å². The summed E-state index contributed by atoms with van der Waals surface area (Å²) in [5.74, 6) is 1.15. The van der Waals surface area contributed by atoms with Crippen LogP contribution in [0, 0.1) is 0 Å². The molecule has 0 saturated carbocycles. The lowest BCUT2D eigenvalue weighted by Crippen LogP contribution is -2.19. The lowest BCUT2D eigenvalue weighted by molar-refractivity contribution is 0.274. The first kappa shape index (κ1) is 10.7. The van der Waals surface area contributed by atoms with Crippen molar-refractivity contribution in [2.45, 2.75) is 58.6 Å². The number of hydrogen-bond acceptors (Lipinski definition) is 2. The van der Waals surface area contributed by atoms with Gasteiger partial charge < -0.3 is 9.67 Å². The largest absolute Gasteiger partial charge is 0.390 e. The zero-order valence-electron chi connectivity index (χ0n) is 9.66. The molecule has 1 aromatic heterocycles. The van der Waals surface area contributed by atoms with Crippen LogP contribution >= 0.6 is 0 Å². The van der Waals surface area contributed by atoms with Crippen LogP contribution in [0.25, 0.3) is 0 Å². The number of fused-ring (bicyclic) bond motifs is 1. The highest BCUT2D eigenvalue weighted by molar-refractivity contribution is 5.20. The Morgan fingerprint density at radius 2 is 2.27 bits per heavy atom. The van der Waals surface area contributed by atoms with E-state index in [1.807, 2.05) is 0 Å². The number of rotatable bonds is 3. The number of aromatic nitrogens is 2. The summed E-state index contributed by atoms with van der Waals surface area (Å²) in [6.45, 7) is 4.46. The Morgan fingerprint density at radius 3 is 2.87 bits per heavy atom. The number of aliphatic hydroxyl groups is 1. The van der Waals surface area contributed by atoms with E-state index in [1.165, 1.54) is 25.0 Å². The second kappa shape index (κ2) is 4.35. The molecule has 0 aliphatic carbocycles. The van der Waals surface area contributed by atoms with Crippen molar-refractivity contribution in [2.24, 2.45) is 0 Å². The molecule has 1 atom stereocenters. The van der Waals surface area contributed by atoms with E-state index < -0.39 is 0 Å². The summed E-state index contributed by atoms with van der Waals surface area (Å²) in [6, 6.07) is 0.608. The van der Waals surface area contributed by atoms with Crippen molar-refractivity contribution in [3.05, 3.63) is 17.2 Å². The summed E-state index contributed by atoms with van der Waals surface area (Å²) in [7, 11) is 0. The summed E-state index contributed by atoms with van der Waals surface area (Å²) in [5, 5.41) is 9.29. The Kier molecular flexibility index (Phi) is 3.10. The number of nitrogens with zero attached hydrogens (tertiary/aromatic N) is 2. The minimum absolute atomic E-state index is 0.0891. The van der Waals surface area contributed by atoms with E-state index in [-0.39, 0.29) is 6.61 Å². The van der Waals surface area contributed by atoms with Crippen molar-refractivity contribution in [2.75, 3.05) is 0 Å². The Balaban J connectivity index is 2.47. The van der Waals surface area contributed by atoms with E-state index in [4.69, 9.17) is 0 Å². The molecule has 2 heterocycles. The Morgan fingerprint density at radius 1 is 1.47 bits per heavy atom. The maximum atomic E-state index is 9.29. The summed E-state index contributed by atoms with van der Waals surface area (Å²) >= 11 is 0. The average Bonchev–Trinajstić information content (AvgIpc) is 2.66. The third-order valence-electron chi connectivity index (χ3n) is 3.42. The molecule has 1 aromatic rings. The predicted molar refractivity (Wildman–Crippen MR) is 59.8 cm³/mol. The minimum Gasteiger partial charge on any atom is -0.390 e. The van der Waals surface area contributed by atoms with Crippen LogP contribution in [0.1, 0.15) is 56.4 Å². The summed E-state index contributed by atoms with van der Waals surface area (Å²) in [6.07, 6.45) is 5.71. The molecule has 0 aromatic carbocycles. The zero-order valence-corrected chi connectivity index (χ0v) is 9.66. The molecule has 3 nitrogen and oxygen atoms in total. The van der Waals surface area contributed by atoms with Gasteiger partial charge >= 0.3 is 0 Å². The molecule has 84 valence electrons. The lowest BCUT2D eigenvalue weighted by Gasteiger charge is -2.26. The molecule has 0 saturated heterocycles. The van der Waals surface area contributed by atoms with Crippen molar-refractivity contribution in [1.82, 2.24) is 9.55 Å². The maximum Gasteiger partial charge on any atom is 0.109 e. The summed E-state index contributed by atoms with van der Waals surface area (Å²) < 4.78 is 2.38. The van der Waals surface area contributed by atoms with E-state index >= 15 is 0 Å². The van der Waals surface area contributed by atoms with Gasteiger partial charge in [0.15, 0.2) is 0 Å². The van der Waals surface area contributed by atoms with E-state index in [2.05, 4.69) is 23.4 Å². The molecule has 0 amide bonds. The third-order valence-corrected chi connectivity index (χ3v) is 3.42. The van der Waals surface area contributed by atoms with Gasteiger partial charge in [-0.3, -0.25) is 0 Å². The van der Waals surface area contributed by atoms with Crippen LogP contribution in [-0.2, 0) is 19.4 Å². The normalized spacial score (nSPS) is 20.3. The van der Waals surface area contributed by atoms with Crippen LogP contribution in [0.15, 0.2) is 0 Å². The topological polar surface area (TPSA) is 38.1 Å². The highest BCUT2D eigenvalue weighted by atomic mass is 16.3. The fraction of sp³-hybridized carbons (Fsp3) is 0.750. The van der Waals surface area contributed by atoms with E-state index in [1.54, 1.807) is 0 Å². The van der Waals surface area contributed by atoms with Gasteiger partial charge in [0.2, 0.25) is 0 Å². The fourth-order valence-electron chi connectivity index (χ4n) is 2.66. The second-order valence-electron chi connectivity index (χ2n) is 4.26. The van der Waals surface area contributed by atoms with Gasteiger partial charge in [0.1, 0.15) is 5.82 Å². The van der Waals surface area contributed by atoms with Gasteiger partial charge in [-0.15, -0.1) is 0 Å². The SMILES string of the molecule is CCc1nc(CO)c2n1C(CC)CCC2. The fourth-order valence-corrected chi connectivity index (χ4v) is 2.66. The molecule has 0 radical (unpaired) electrons. The first-order valence-corrected chi connectivity index (χ1v) is 6.01. The van der Waals surface area contributed by atoms with E-state index in [9.17, 15) is 5.11 Å². The third kappa shape index (κ3) is 1.69. The van der Waals surface area contributed by atoms with Gasteiger partial charge in [0, 0.05) is 18.2 Å². The van der Waals surface area contributed by atoms with Crippen molar-refractivity contribution >= 4 is 0 Å². The van der Waals surface area contributed by atoms with Crippen molar-refractivity contribution < 1.29 is 5.11 Å². The van der Waals surface area contributed by atoms with Gasteiger partial charge in [0.25, 0.3) is 0 Å². The van der Waals surface area contributed by atoms with Gasteiger partial charge in [-0.2, -0.15) is 0 Å². The molecular weight excluding hydrogens is 188 g/mol. The van der Waals surface area contributed by atoms with Crippen LogP contribution in [0.4, 0.5) is 0 Å². The lowest BCUT2D eigenvalue weighted by atomic mass is 9.99. The van der Waals surface area contributed by atoms with Crippen LogP contribution in [-0.4, -0.2) is 14.7 Å². The summed E-state index contributed by atoms with van der Waals surface area (Å²) in [5.41, 5.74) is 2.19. The predicted octanol–water partition coefficient (Wildman–Crippen LogP) is 2.23. The molecule has 0 bridgehead atoms. The first-order valence-electron chi connectivity index (χ1n) is 6.01. The molecule has 1 aliphatic heterocycles. The molecule has 1 aliphatic rings. The number of aryl methyl sites for hydroxylation is 1. The van der Waals surface area contributed by atoms with Crippen LogP contribution in [0.3, 0.4) is 0 Å². The smallest absolute Gasteiger partial charge is 0.109 e. The quantitative estimate of drug-likeness (QED) is 0.827.